The summed E-state index contributed by atoms with van der Waals surface area (Å²) in [7, 11) is 0. The molecule has 2 heteroatoms. The molecule has 0 aliphatic rings. The predicted molar refractivity (Wildman–Crippen MR) is 46.2 cm³/mol. The maximum atomic E-state index is 12.5. The summed E-state index contributed by atoms with van der Waals surface area (Å²) in [5.41, 5.74) is 0.770. The zero-order chi connectivity index (χ0) is 9.14. The zero-order valence-electron chi connectivity index (χ0n) is 7.29. The van der Waals surface area contributed by atoms with E-state index in [1.165, 1.54) is 12.1 Å². The van der Waals surface area contributed by atoms with E-state index in [0.29, 0.717) is 0 Å². The largest absolute Gasteiger partial charge is 0.388 e. The van der Waals surface area contributed by atoms with Gasteiger partial charge in [-0.3, -0.25) is 0 Å². The van der Waals surface area contributed by atoms with Gasteiger partial charge in [0.2, 0.25) is 0 Å². The number of hydrogen-bond donors (Lipinski definition) is 1. The molecule has 1 aromatic carbocycles. The highest BCUT2D eigenvalue weighted by Crippen LogP contribution is 2.20. The summed E-state index contributed by atoms with van der Waals surface area (Å²) >= 11 is 0. The van der Waals surface area contributed by atoms with Gasteiger partial charge in [0.25, 0.3) is 0 Å². The normalized spacial score (nSPS) is 13.4. The van der Waals surface area contributed by atoms with Crippen LogP contribution in [0.25, 0.3) is 0 Å². The molecule has 12 heavy (non-hydrogen) atoms. The van der Waals surface area contributed by atoms with Gasteiger partial charge in [0.1, 0.15) is 5.82 Å². The fourth-order valence-electron chi connectivity index (χ4n) is 1.04. The topological polar surface area (TPSA) is 20.2 Å². The second-order valence-electron chi connectivity index (χ2n) is 3.24. The fourth-order valence-corrected chi connectivity index (χ4v) is 1.04. The van der Waals surface area contributed by atoms with Crippen molar-refractivity contribution < 1.29 is 9.50 Å². The Kier molecular flexibility index (Phi) is 2.82. The third-order valence-corrected chi connectivity index (χ3v) is 1.84. The molecule has 0 spiro atoms. The minimum Gasteiger partial charge on any atom is -0.388 e. The molecule has 0 aliphatic heterocycles. The van der Waals surface area contributed by atoms with Gasteiger partial charge in [0, 0.05) is 0 Å². The highest BCUT2D eigenvalue weighted by molar-refractivity contribution is 5.18. The predicted octanol–water partition coefficient (Wildman–Crippen LogP) is 2.52. The smallest absolute Gasteiger partial charge is 0.123 e. The first-order valence-corrected chi connectivity index (χ1v) is 4.05. The van der Waals surface area contributed by atoms with Crippen LogP contribution < -0.4 is 0 Å². The van der Waals surface area contributed by atoms with Crippen molar-refractivity contribution in [2.45, 2.75) is 20.0 Å². The van der Waals surface area contributed by atoms with E-state index in [-0.39, 0.29) is 11.7 Å². The average Bonchev–Trinajstić information content (AvgIpc) is 2.04. The van der Waals surface area contributed by atoms with Gasteiger partial charge < -0.3 is 5.11 Å². The third-order valence-electron chi connectivity index (χ3n) is 1.84. The number of benzene rings is 1. The first-order chi connectivity index (χ1) is 5.61. The Morgan fingerprint density at radius 1 is 1.17 bits per heavy atom. The van der Waals surface area contributed by atoms with Crippen LogP contribution in [0.3, 0.4) is 0 Å². The van der Waals surface area contributed by atoms with Gasteiger partial charge in [-0.2, -0.15) is 0 Å². The molecule has 0 radical (unpaired) electrons. The van der Waals surface area contributed by atoms with Crippen molar-refractivity contribution in [3.63, 3.8) is 0 Å². The Morgan fingerprint density at radius 2 is 1.67 bits per heavy atom. The van der Waals surface area contributed by atoms with E-state index in [1.54, 1.807) is 12.1 Å². The molecule has 1 aromatic rings. The molecule has 66 valence electrons. The van der Waals surface area contributed by atoms with Crippen LogP contribution in [0.1, 0.15) is 25.5 Å². The Balaban J connectivity index is 2.82. The zero-order valence-corrected chi connectivity index (χ0v) is 7.29. The van der Waals surface area contributed by atoms with Gasteiger partial charge in [-0.05, 0) is 23.6 Å². The van der Waals surface area contributed by atoms with E-state index >= 15 is 0 Å². The van der Waals surface area contributed by atoms with Crippen molar-refractivity contribution in [2.75, 3.05) is 0 Å². The molecule has 0 bridgehead atoms. The lowest BCUT2D eigenvalue weighted by Crippen LogP contribution is -2.04. The summed E-state index contributed by atoms with van der Waals surface area (Å²) in [5.74, 6) is -0.106. The maximum absolute atomic E-state index is 12.5. The Morgan fingerprint density at radius 3 is 2.08 bits per heavy atom. The first-order valence-electron chi connectivity index (χ1n) is 4.05. The average molecular weight is 168 g/mol. The van der Waals surface area contributed by atoms with Crippen LogP contribution >= 0.6 is 0 Å². The Hall–Kier alpha value is -0.890. The minimum absolute atomic E-state index is 0.162. The van der Waals surface area contributed by atoms with Gasteiger partial charge in [0.15, 0.2) is 0 Å². The number of rotatable bonds is 2. The van der Waals surface area contributed by atoms with E-state index in [2.05, 4.69) is 0 Å². The highest BCUT2D eigenvalue weighted by atomic mass is 19.1. The highest BCUT2D eigenvalue weighted by Gasteiger charge is 2.10. The van der Waals surface area contributed by atoms with E-state index < -0.39 is 6.10 Å². The Bertz CT molecular complexity index is 241. The molecule has 1 atom stereocenters. The first kappa shape index (κ1) is 9.20. The summed E-state index contributed by atoms with van der Waals surface area (Å²) in [6.07, 6.45) is -0.495. The standard InChI is InChI=1S/C10H13FO/c1-7(2)10(12)8-3-5-9(11)6-4-8/h3-7,10,12H,1-2H3/t10-/m1/s1. The van der Waals surface area contributed by atoms with Crippen LogP contribution in [-0.4, -0.2) is 5.11 Å². The quantitative estimate of drug-likeness (QED) is 0.719. The van der Waals surface area contributed by atoms with Crippen LogP contribution in [0.4, 0.5) is 4.39 Å². The molecule has 0 unspecified atom stereocenters. The summed E-state index contributed by atoms with van der Waals surface area (Å²) in [6, 6.07) is 5.95. The minimum atomic E-state index is -0.495. The third kappa shape index (κ3) is 2.05. The lowest BCUT2D eigenvalue weighted by molar-refractivity contribution is 0.127. The molecule has 0 aromatic heterocycles. The van der Waals surface area contributed by atoms with Crippen LogP contribution in [-0.2, 0) is 0 Å². The lowest BCUT2D eigenvalue weighted by atomic mass is 9.99. The van der Waals surface area contributed by atoms with Crippen LogP contribution in [0.15, 0.2) is 24.3 Å². The molecule has 0 amide bonds. The summed E-state index contributed by atoms with van der Waals surface area (Å²) in [4.78, 5) is 0. The molecule has 1 N–H and O–H groups in total. The van der Waals surface area contributed by atoms with E-state index in [4.69, 9.17) is 0 Å². The van der Waals surface area contributed by atoms with Gasteiger partial charge in [-0.1, -0.05) is 26.0 Å². The van der Waals surface area contributed by atoms with Gasteiger partial charge >= 0.3 is 0 Å². The molecule has 0 fully saturated rings. The van der Waals surface area contributed by atoms with E-state index in [1.807, 2.05) is 13.8 Å². The Labute approximate surface area is 71.9 Å². The van der Waals surface area contributed by atoms with Gasteiger partial charge in [-0.25, -0.2) is 4.39 Å². The van der Waals surface area contributed by atoms with Crippen LogP contribution in [0.5, 0.6) is 0 Å². The van der Waals surface area contributed by atoms with Crippen molar-refractivity contribution in [2.24, 2.45) is 5.92 Å². The number of hydrogen-bond acceptors (Lipinski definition) is 1. The van der Waals surface area contributed by atoms with Crippen LogP contribution in [0.2, 0.25) is 0 Å². The molecule has 0 heterocycles. The van der Waals surface area contributed by atoms with Crippen LogP contribution in [0, 0.1) is 11.7 Å². The number of aliphatic hydroxyl groups is 1. The van der Waals surface area contributed by atoms with E-state index in [0.717, 1.165) is 5.56 Å². The molecular weight excluding hydrogens is 155 g/mol. The molecular formula is C10H13FO. The van der Waals surface area contributed by atoms with Crippen molar-refractivity contribution >= 4 is 0 Å². The second kappa shape index (κ2) is 3.68. The monoisotopic (exact) mass is 168 g/mol. The summed E-state index contributed by atoms with van der Waals surface area (Å²) < 4.78 is 12.5. The summed E-state index contributed by atoms with van der Waals surface area (Å²) in [6.45, 7) is 3.85. The second-order valence-corrected chi connectivity index (χ2v) is 3.24. The molecule has 0 aliphatic carbocycles. The molecule has 1 nitrogen and oxygen atoms in total. The lowest BCUT2D eigenvalue weighted by Gasteiger charge is -2.14. The number of aliphatic hydroxyl groups excluding tert-OH is 1. The molecule has 1 rings (SSSR count). The number of halogens is 1. The van der Waals surface area contributed by atoms with Crippen molar-refractivity contribution in [1.82, 2.24) is 0 Å². The van der Waals surface area contributed by atoms with Crippen molar-refractivity contribution in [3.8, 4) is 0 Å². The fraction of sp³-hybridized carbons (Fsp3) is 0.400. The molecule has 0 saturated heterocycles. The summed E-state index contributed by atoms with van der Waals surface area (Å²) in [5, 5.41) is 9.57. The maximum Gasteiger partial charge on any atom is 0.123 e. The van der Waals surface area contributed by atoms with Crippen molar-refractivity contribution in [1.29, 1.82) is 0 Å². The van der Waals surface area contributed by atoms with Crippen molar-refractivity contribution in [3.05, 3.63) is 35.6 Å². The molecule has 0 saturated carbocycles. The van der Waals surface area contributed by atoms with Gasteiger partial charge in [0.05, 0.1) is 6.10 Å². The SMILES string of the molecule is CC(C)[C@@H](O)c1ccc(F)cc1. The van der Waals surface area contributed by atoms with Gasteiger partial charge in [-0.15, -0.1) is 0 Å². The van der Waals surface area contributed by atoms with E-state index in [9.17, 15) is 9.50 Å².